The molecule has 0 bridgehead atoms. The average Bonchev–Trinajstić information content (AvgIpc) is 2.76. The van der Waals surface area contributed by atoms with Crippen molar-refractivity contribution in [1.82, 2.24) is 0 Å². The summed E-state index contributed by atoms with van der Waals surface area (Å²) in [6.45, 7) is 18.7. The molecule has 2 aromatic carbocycles. The van der Waals surface area contributed by atoms with Crippen molar-refractivity contribution >= 4 is 21.7 Å². The van der Waals surface area contributed by atoms with Gasteiger partial charge >= 0.3 is 5.97 Å². The average molecular weight is 500 g/mol. The van der Waals surface area contributed by atoms with Crippen molar-refractivity contribution in [3.63, 3.8) is 0 Å². The molecular weight excluding hydrogens is 462 g/mol. The molecule has 0 aliphatic carbocycles. The molecule has 0 saturated carbocycles. The summed E-state index contributed by atoms with van der Waals surface area (Å²) in [5, 5.41) is 0. The zero-order chi connectivity index (χ0) is 26.6. The number of carbonyl (C=O) groups is 1. The Balaban J connectivity index is 3.05. The first-order valence-electron chi connectivity index (χ1n) is 11.5. The molecule has 0 fully saturated rings. The Morgan fingerprint density at radius 2 is 1.66 bits per heavy atom. The van der Waals surface area contributed by atoms with E-state index in [1.165, 1.54) is 13.2 Å². The van der Waals surface area contributed by atoms with Crippen LogP contribution in [-0.2, 0) is 30.7 Å². The molecule has 0 spiro atoms. The molecule has 0 saturated heterocycles. The van der Waals surface area contributed by atoms with Crippen molar-refractivity contribution < 1.29 is 22.7 Å². The molecule has 0 amide bonds. The second-order valence-corrected chi connectivity index (χ2v) is 11.3. The molecule has 0 heterocycles. The van der Waals surface area contributed by atoms with Crippen LogP contribution in [0.15, 0.2) is 49.6 Å². The number of allylic oxidation sites excluding steroid dienone is 1. The maximum atomic E-state index is 13.1. The van der Waals surface area contributed by atoms with Crippen LogP contribution in [0.2, 0.25) is 0 Å². The second-order valence-electron chi connectivity index (χ2n) is 9.56. The van der Waals surface area contributed by atoms with Gasteiger partial charge in [-0.3, -0.25) is 4.72 Å². The monoisotopic (exact) mass is 499 g/mol. The van der Waals surface area contributed by atoms with Gasteiger partial charge in [0, 0.05) is 5.56 Å². The van der Waals surface area contributed by atoms with Gasteiger partial charge in [0.05, 0.1) is 24.2 Å². The Hall–Kier alpha value is -2.90. The Labute approximate surface area is 210 Å². The van der Waals surface area contributed by atoms with Crippen LogP contribution in [0.1, 0.15) is 54.7 Å². The third-order valence-corrected chi connectivity index (χ3v) is 6.80. The van der Waals surface area contributed by atoms with Gasteiger partial charge in [-0.1, -0.05) is 42.0 Å². The SMILES string of the molecule is C=CCc1c(C)c(-c2ccc(C)cc2)c([C@H](OC(C)(C)C)C(=O)OC)c(C)c1NS(=O)(=O)CC=C. The maximum Gasteiger partial charge on any atom is 0.339 e. The van der Waals surface area contributed by atoms with Crippen molar-refractivity contribution in [2.75, 3.05) is 17.6 Å². The molecular formula is C28H37NO5S. The Morgan fingerprint density at radius 1 is 1.06 bits per heavy atom. The predicted octanol–water partition coefficient (Wildman–Crippen LogP) is 5.96. The summed E-state index contributed by atoms with van der Waals surface area (Å²) >= 11 is 0. The van der Waals surface area contributed by atoms with E-state index in [4.69, 9.17) is 9.47 Å². The first-order chi connectivity index (χ1) is 16.3. The van der Waals surface area contributed by atoms with E-state index < -0.39 is 27.7 Å². The van der Waals surface area contributed by atoms with Gasteiger partial charge in [0.15, 0.2) is 6.10 Å². The number of hydrogen-bond acceptors (Lipinski definition) is 5. The number of anilines is 1. The summed E-state index contributed by atoms with van der Waals surface area (Å²) in [5.41, 5.74) is 5.32. The van der Waals surface area contributed by atoms with Crippen molar-refractivity contribution in [3.8, 4) is 11.1 Å². The van der Waals surface area contributed by atoms with Gasteiger partial charge < -0.3 is 9.47 Å². The molecule has 0 unspecified atom stereocenters. The highest BCUT2D eigenvalue weighted by Gasteiger charge is 2.34. The van der Waals surface area contributed by atoms with Crippen LogP contribution in [-0.4, -0.2) is 32.9 Å². The standard InChI is InChI=1S/C28H37NO5S/c1-10-12-22-19(4)23(21-15-13-18(3)14-16-21)24(26(27(30)33-9)34-28(6,7)8)20(5)25(22)29-35(31,32)17-11-2/h10-11,13-16,26,29H,1-2,12,17H2,3-9H3/t26-/m0/s1. The summed E-state index contributed by atoms with van der Waals surface area (Å²) < 4.78 is 39.7. The van der Waals surface area contributed by atoms with Crippen molar-refractivity contribution in [2.24, 2.45) is 0 Å². The van der Waals surface area contributed by atoms with Crippen LogP contribution >= 0.6 is 0 Å². The number of nitrogens with one attached hydrogen (secondary N) is 1. The lowest BCUT2D eigenvalue weighted by Crippen LogP contribution is -2.30. The molecule has 190 valence electrons. The largest absolute Gasteiger partial charge is 0.467 e. The van der Waals surface area contributed by atoms with Gasteiger partial charge in [-0.15, -0.1) is 13.2 Å². The molecule has 1 N–H and O–H groups in total. The smallest absolute Gasteiger partial charge is 0.339 e. The van der Waals surface area contributed by atoms with Crippen molar-refractivity contribution in [1.29, 1.82) is 0 Å². The van der Waals surface area contributed by atoms with Gasteiger partial charge in [-0.2, -0.15) is 0 Å². The molecule has 35 heavy (non-hydrogen) atoms. The van der Waals surface area contributed by atoms with Gasteiger partial charge in [-0.05, 0) is 75.8 Å². The van der Waals surface area contributed by atoms with Crippen molar-refractivity contribution in [2.45, 2.75) is 59.7 Å². The van der Waals surface area contributed by atoms with E-state index in [1.807, 2.05) is 58.9 Å². The van der Waals surface area contributed by atoms with Gasteiger partial charge in [0.2, 0.25) is 10.0 Å². The van der Waals surface area contributed by atoms with Crippen LogP contribution in [0.3, 0.4) is 0 Å². The highest BCUT2D eigenvalue weighted by atomic mass is 32.2. The lowest BCUT2D eigenvalue weighted by atomic mass is 9.83. The quantitative estimate of drug-likeness (QED) is 0.322. The van der Waals surface area contributed by atoms with E-state index >= 15 is 0 Å². The highest BCUT2D eigenvalue weighted by Crippen LogP contribution is 2.44. The molecule has 0 radical (unpaired) electrons. The molecule has 7 heteroatoms. The third kappa shape index (κ3) is 6.83. The lowest BCUT2D eigenvalue weighted by Gasteiger charge is -2.31. The molecule has 0 aromatic heterocycles. The molecule has 0 aliphatic heterocycles. The zero-order valence-electron chi connectivity index (χ0n) is 21.8. The fourth-order valence-corrected chi connectivity index (χ4v) is 5.07. The van der Waals surface area contributed by atoms with Crippen LogP contribution in [0, 0.1) is 20.8 Å². The number of benzene rings is 2. The fourth-order valence-electron chi connectivity index (χ4n) is 4.08. The number of ether oxygens (including phenoxy) is 2. The normalized spacial score (nSPS) is 12.7. The number of esters is 1. The summed E-state index contributed by atoms with van der Waals surface area (Å²) in [4.78, 5) is 13.1. The van der Waals surface area contributed by atoms with Crippen LogP contribution in [0.4, 0.5) is 5.69 Å². The van der Waals surface area contributed by atoms with Crippen LogP contribution < -0.4 is 4.72 Å². The molecule has 1 atom stereocenters. The first-order valence-corrected chi connectivity index (χ1v) is 13.1. The number of methoxy groups -OCH3 is 1. The van der Waals surface area contributed by atoms with E-state index in [9.17, 15) is 13.2 Å². The van der Waals surface area contributed by atoms with E-state index in [2.05, 4.69) is 17.9 Å². The zero-order valence-corrected chi connectivity index (χ0v) is 22.6. The number of sulfonamides is 1. The van der Waals surface area contributed by atoms with Crippen molar-refractivity contribution in [3.05, 3.63) is 77.4 Å². The lowest BCUT2D eigenvalue weighted by molar-refractivity contribution is -0.164. The van der Waals surface area contributed by atoms with Crippen LogP contribution in [0.25, 0.3) is 11.1 Å². The Kier molecular flexibility index (Phi) is 9.09. The second kappa shape index (κ2) is 11.2. The minimum atomic E-state index is -3.71. The first kappa shape index (κ1) is 28.3. The number of carbonyl (C=O) groups excluding carboxylic acids is 1. The van der Waals surface area contributed by atoms with Crippen LogP contribution in [0.5, 0.6) is 0 Å². The minimum Gasteiger partial charge on any atom is -0.467 e. The topological polar surface area (TPSA) is 81.7 Å². The molecule has 2 aromatic rings. The van der Waals surface area contributed by atoms with E-state index in [1.54, 1.807) is 13.0 Å². The van der Waals surface area contributed by atoms with E-state index in [0.29, 0.717) is 23.2 Å². The Bertz CT molecular complexity index is 1210. The van der Waals surface area contributed by atoms with E-state index in [-0.39, 0.29) is 5.75 Å². The van der Waals surface area contributed by atoms with E-state index in [0.717, 1.165) is 27.8 Å². The Morgan fingerprint density at radius 3 is 2.14 bits per heavy atom. The molecule has 0 aliphatic rings. The summed E-state index contributed by atoms with van der Waals surface area (Å²) in [6, 6.07) is 7.98. The van der Waals surface area contributed by atoms with Gasteiger partial charge in [0.25, 0.3) is 0 Å². The van der Waals surface area contributed by atoms with Gasteiger partial charge in [-0.25, -0.2) is 13.2 Å². The molecule has 2 rings (SSSR count). The summed E-state index contributed by atoms with van der Waals surface area (Å²) in [7, 11) is -2.40. The van der Waals surface area contributed by atoms with Gasteiger partial charge in [0.1, 0.15) is 0 Å². The summed E-state index contributed by atoms with van der Waals surface area (Å²) in [5.74, 6) is -0.806. The molecule has 6 nitrogen and oxygen atoms in total. The highest BCUT2D eigenvalue weighted by molar-refractivity contribution is 7.92. The summed E-state index contributed by atoms with van der Waals surface area (Å²) in [6.07, 6.45) is 2.42. The minimum absolute atomic E-state index is 0.243. The third-order valence-electron chi connectivity index (χ3n) is 5.61. The maximum absolute atomic E-state index is 13.1. The number of aryl methyl sites for hydroxylation is 1. The number of hydrogen-bond donors (Lipinski definition) is 1. The number of rotatable bonds is 10. The fraction of sp³-hybridized carbons (Fsp3) is 0.393. The predicted molar refractivity (Wildman–Crippen MR) is 143 cm³/mol.